The second-order valence-electron chi connectivity index (χ2n) is 4.04. The van der Waals surface area contributed by atoms with Crippen LogP contribution in [0.15, 0.2) is 71.2 Å². The molecule has 0 unspecified atom stereocenters. The molecule has 2 aromatic heterocycles. The van der Waals surface area contributed by atoms with Crippen LogP contribution in [0.3, 0.4) is 0 Å². The number of hydrogen-bond donors (Lipinski definition) is 0. The van der Waals surface area contributed by atoms with E-state index < -0.39 is 0 Å². The minimum absolute atomic E-state index is 0.790. The summed E-state index contributed by atoms with van der Waals surface area (Å²) >= 11 is 0. The van der Waals surface area contributed by atoms with Crippen molar-refractivity contribution in [3.05, 3.63) is 61.2 Å². The monoisotopic (exact) mass is 254 g/mol. The van der Waals surface area contributed by atoms with E-state index in [2.05, 4.69) is 9.98 Å². The minimum atomic E-state index is 0.790. The van der Waals surface area contributed by atoms with Crippen LogP contribution in [0.4, 0.5) is 0 Å². The lowest BCUT2D eigenvalue weighted by molar-refractivity contribution is -0.546. The molecule has 0 bridgehead atoms. The molecule has 96 valence electrons. The summed E-state index contributed by atoms with van der Waals surface area (Å²) < 4.78 is 3.87. The third kappa shape index (κ3) is 5.21. The number of hydrogen-bond acceptors (Lipinski definition) is 2. The van der Waals surface area contributed by atoms with Gasteiger partial charge in [0.05, 0.1) is 24.8 Å². The van der Waals surface area contributed by atoms with Gasteiger partial charge in [0, 0.05) is 6.42 Å². The lowest BCUT2D eigenvalue weighted by Crippen LogP contribution is -2.32. The quantitative estimate of drug-likeness (QED) is 0.320. The Morgan fingerprint density at radius 2 is 1.05 bits per heavy atom. The molecule has 0 saturated carbocycles. The predicted molar refractivity (Wildman–Crippen MR) is 75.4 cm³/mol. The number of aliphatic imine (C=N–C) groups is 2. The summed E-state index contributed by atoms with van der Waals surface area (Å²) in [6.07, 6.45) is 12.5. The molecule has 0 aliphatic heterocycles. The summed E-state index contributed by atoms with van der Waals surface area (Å²) in [4.78, 5) is 8.69. The molecule has 0 aliphatic rings. The zero-order valence-electron chi connectivity index (χ0n) is 10.8. The highest BCUT2D eigenvalue weighted by molar-refractivity contribution is 5.43. The number of rotatable bonds is 6. The molecule has 0 spiro atoms. The summed E-state index contributed by atoms with van der Waals surface area (Å²) in [5, 5.41) is 0. The molecule has 0 atom stereocenters. The largest absolute Gasteiger partial charge is 0.284 e. The van der Waals surface area contributed by atoms with Crippen molar-refractivity contribution < 1.29 is 9.13 Å². The van der Waals surface area contributed by atoms with Crippen molar-refractivity contribution >= 4 is 12.7 Å². The molecular formula is C15H18N4+2. The van der Waals surface area contributed by atoms with Gasteiger partial charge >= 0.3 is 0 Å². The van der Waals surface area contributed by atoms with Gasteiger partial charge in [-0.3, -0.25) is 0 Å². The maximum Gasteiger partial charge on any atom is 0.284 e. The zero-order chi connectivity index (χ0) is 13.2. The molecule has 2 aromatic rings. The highest BCUT2D eigenvalue weighted by Crippen LogP contribution is 1.82. The van der Waals surface area contributed by atoms with Gasteiger partial charge in [0.15, 0.2) is 0 Å². The lowest BCUT2D eigenvalue weighted by Gasteiger charge is -1.87. The van der Waals surface area contributed by atoms with E-state index in [1.807, 2.05) is 83.0 Å². The van der Waals surface area contributed by atoms with Crippen molar-refractivity contribution in [1.29, 1.82) is 0 Å². The molecule has 0 amide bonds. The Kier molecular flexibility index (Phi) is 5.42. The second kappa shape index (κ2) is 7.87. The van der Waals surface area contributed by atoms with E-state index in [1.54, 1.807) is 0 Å². The van der Waals surface area contributed by atoms with Gasteiger partial charge in [-0.05, 0) is 24.3 Å². The smallest absolute Gasteiger partial charge is 0.210 e. The minimum Gasteiger partial charge on any atom is -0.210 e. The number of aromatic nitrogens is 2. The number of pyridine rings is 2. The SMILES string of the molecule is C(=NCCCN=C[n+]1ccccc1)[n+]1ccccc1. The van der Waals surface area contributed by atoms with Gasteiger partial charge in [0.1, 0.15) is 13.1 Å². The van der Waals surface area contributed by atoms with E-state index in [0.717, 1.165) is 19.5 Å². The second-order valence-corrected chi connectivity index (χ2v) is 4.04. The van der Waals surface area contributed by atoms with E-state index in [4.69, 9.17) is 0 Å². The molecule has 0 fully saturated rings. The average Bonchev–Trinajstić information content (AvgIpc) is 2.48. The van der Waals surface area contributed by atoms with Crippen molar-refractivity contribution in [3.63, 3.8) is 0 Å². The summed E-state index contributed by atoms with van der Waals surface area (Å²) in [5.41, 5.74) is 0. The van der Waals surface area contributed by atoms with E-state index in [-0.39, 0.29) is 0 Å². The van der Waals surface area contributed by atoms with Crippen LogP contribution in [0, 0.1) is 0 Å². The average molecular weight is 254 g/mol. The van der Waals surface area contributed by atoms with Crippen LogP contribution in [0.5, 0.6) is 0 Å². The van der Waals surface area contributed by atoms with E-state index in [9.17, 15) is 0 Å². The van der Waals surface area contributed by atoms with Crippen molar-refractivity contribution in [2.24, 2.45) is 9.98 Å². The molecule has 0 aromatic carbocycles. The van der Waals surface area contributed by atoms with Crippen LogP contribution in [0.1, 0.15) is 6.42 Å². The van der Waals surface area contributed by atoms with Crippen LogP contribution in [0.2, 0.25) is 0 Å². The third-order valence-corrected chi connectivity index (χ3v) is 2.48. The van der Waals surface area contributed by atoms with Gasteiger partial charge < -0.3 is 0 Å². The Labute approximate surface area is 113 Å². The van der Waals surface area contributed by atoms with E-state index in [1.165, 1.54) is 0 Å². The fourth-order valence-corrected chi connectivity index (χ4v) is 1.54. The first-order valence-electron chi connectivity index (χ1n) is 6.36. The van der Waals surface area contributed by atoms with Crippen LogP contribution in [-0.2, 0) is 0 Å². The fourth-order valence-electron chi connectivity index (χ4n) is 1.54. The van der Waals surface area contributed by atoms with E-state index in [0.29, 0.717) is 0 Å². The first kappa shape index (κ1) is 13.1. The van der Waals surface area contributed by atoms with Crippen LogP contribution < -0.4 is 9.13 Å². The third-order valence-electron chi connectivity index (χ3n) is 2.48. The van der Waals surface area contributed by atoms with Gasteiger partial charge in [-0.2, -0.15) is 0 Å². The van der Waals surface area contributed by atoms with Gasteiger partial charge in [-0.15, -0.1) is 0 Å². The Morgan fingerprint density at radius 3 is 1.47 bits per heavy atom. The summed E-state index contributed by atoms with van der Waals surface area (Å²) in [6.45, 7) is 1.58. The Bertz CT molecular complexity index is 471. The molecule has 0 aliphatic carbocycles. The van der Waals surface area contributed by atoms with Crippen LogP contribution >= 0.6 is 0 Å². The Morgan fingerprint density at radius 1 is 0.632 bits per heavy atom. The maximum atomic E-state index is 4.34. The maximum absolute atomic E-state index is 4.34. The molecule has 2 heterocycles. The molecule has 4 heteroatoms. The lowest BCUT2D eigenvalue weighted by atomic mass is 10.4. The van der Waals surface area contributed by atoms with Crippen molar-refractivity contribution in [1.82, 2.24) is 0 Å². The topological polar surface area (TPSA) is 32.5 Å². The van der Waals surface area contributed by atoms with Gasteiger partial charge in [0.2, 0.25) is 0 Å². The Balaban J connectivity index is 1.65. The summed E-state index contributed by atoms with van der Waals surface area (Å²) in [7, 11) is 0. The van der Waals surface area contributed by atoms with Crippen molar-refractivity contribution in [2.75, 3.05) is 13.1 Å². The predicted octanol–water partition coefficient (Wildman–Crippen LogP) is 1.10. The summed E-state index contributed by atoms with van der Waals surface area (Å²) in [5.74, 6) is 0. The van der Waals surface area contributed by atoms with Gasteiger partial charge in [-0.25, -0.2) is 9.13 Å². The van der Waals surface area contributed by atoms with E-state index >= 15 is 0 Å². The summed E-state index contributed by atoms with van der Waals surface area (Å²) in [6, 6.07) is 11.9. The highest BCUT2D eigenvalue weighted by atomic mass is 15.0. The van der Waals surface area contributed by atoms with Gasteiger partial charge in [0.25, 0.3) is 12.7 Å². The highest BCUT2D eigenvalue weighted by Gasteiger charge is 1.94. The van der Waals surface area contributed by atoms with Crippen LogP contribution in [-0.4, -0.2) is 25.8 Å². The molecular weight excluding hydrogens is 236 g/mol. The zero-order valence-corrected chi connectivity index (χ0v) is 10.8. The van der Waals surface area contributed by atoms with Gasteiger partial charge in [-0.1, -0.05) is 22.1 Å². The molecule has 0 saturated heterocycles. The molecule has 4 nitrogen and oxygen atoms in total. The standard InChI is InChI=1S/C15H18N4/c1-3-10-18(11-4-1)14-16-8-7-9-17-15-19-12-5-2-6-13-19/h1-6,10-15H,7-9H2/q+2. The molecule has 0 N–H and O–H groups in total. The molecule has 0 radical (unpaired) electrons. The first-order valence-corrected chi connectivity index (χ1v) is 6.36. The Hall–Kier alpha value is -2.36. The fraction of sp³-hybridized carbons (Fsp3) is 0.200. The first-order chi connectivity index (χ1) is 9.45. The normalized spacial score (nSPS) is 11.4. The van der Waals surface area contributed by atoms with Crippen molar-refractivity contribution in [3.8, 4) is 0 Å². The number of nitrogens with zero attached hydrogens (tertiary/aromatic N) is 4. The molecule has 19 heavy (non-hydrogen) atoms. The van der Waals surface area contributed by atoms with Crippen LogP contribution in [0.25, 0.3) is 0 Å². The van der Waals surface area contributed by atoms with Crippen molar-refractivity contribution in [2.45, 2.75) is 6.42 Å². The molecule has 2 rings (SSSR count).